The first kappa shape index (κ1) is 21.1. The topological polar surface area (TPSA) is 73.1 Å². The Kier molecular flexibility index (Phi) is 6.71. The molecular weight excluding hydrogens is 417 g/mol. The number of methoxy groups -OCH3 is 1. The lowest BCUT2D eigenvalue weighted by molar-refractivity contribution is -0.127. The maximum Gasteiger partial charge on any atom is 0.233 e. The van der Waals surface area contributed by atoms with Crippen molar-refractivity contribution in [2.24, 2.45) is 0 Å². The third kappa shape index (κ3) is 4.86. The van der Waals surface area contributed by atoms with Crippen LogP contribution in [0, 0.1) is 12.7 Å². The molecule has 0 bridgehead atoms. The van der Waals surface area contributed by atoms with Gasteiger partial charge in [0.1, 0.15) is 17.3 Å². The number of carbonyl (C=O) groups is 1. The molecule has 0 radical (unpaired) electrons. The Bertz CT molecular complexity index is 1010. The third-order valence-electron chi connectivity index (χ3n) is 4.21. The van der Waals surface area contributed by atoms with Crippen molar-refractivity contribution in [1.29, 1.82) is 0 Å². The van der Waals surface area contributed by atoms with E-state index in [2.05, 4.69) is 15.5 Å². The maximum absolute atomic E-state index is 14.0. The molecule has 0 spiro atoms. The number of carbonyl (C=O) groups excluding carboxylic acids is 1. The Morgan fingerprint density at radius 3 is 2.86 bits per heavy atom. The lowest BCUT2D eigenvalue weighted by Gasteiger charge is -2.18. The Labute approximate surface area is 176 Å². The lowest BCUT2D eigenvalue weighted by atomic mass is 10.2. The fraction of sp³-hybridized carbons (Fsp3) is 0.263. The van der Waals surface area contributed by atoms with Gasteiger partial charge >= 0.3 is 0 Å². The molecule has 0 atom stereocenters. The van der Waals surface area contributed by atoms with Crippen LogP contribution in [0.25, 0.3) is 5.69 Å². The highest BCUT2D eigenvalue weighted by Crippen LogP contribution is 2.27. The maximum atomic E-state index is 14.0. The van der Waals surface area contributed by atoms with Crippen LogP contribution in [0.2, 0.25) is 5.02 Å². The molecule has 0 fully saturated rings. The highest BCUT2D eigenvalue weighted by atomic mass is 35.5. The van der Waals surface area contributed by atoms with E-state index in [0.717, 1.165) is 5.56 Å². The van der Waals surface area contributed by atoms with Gasteiger partial charge in [-0.1, -0.05) is 35.5 Å². The normalized spacial score (nSPS) is 10.8. The molecule has 0 unspecified atom stereocenters. The smallest absolute Gasteiger partial charge is 0.233 e. The zero-order valence-corrected chi connectivity index (χ0v) is 17.7. The number of aromatic nitrogens is 4. The number of tetrazole rings is 1. The molecule has 1 aromatic heterocycles. The van der Waals surface area contributed by atoms with Gasteiger partial charge in [0, 0.05) is 24.2 Å². The largest absolute Gasteiger partial charge is 0.494 e. The zero-order valence-electron chi connectivity index (χ0n) is 16.1. The average molecular weight is 436 g/mol. The van der Waals surface area contributed by atoms with Crippen molar-refractivity contribution in [3.05, 3.63) is 58.4 Å². The van der Waals surface area contributed by atoms with Gasteiger partial charge in [0.25, 0.3) is 0 Å². The van der Waals surface area contributed by atoms with Crippen molar-refractivity contribution in [3.8, 4) is 11.4 Å². The second kappa shape index (κ2) is 9.23. The summed E-state index contributed by atoms with van der Waals surface area (Å²) in [5.41, 5.74) is 1.98. The van der Waals surface area contributed by atoms with E-state index in [1.165, 1.54) is 33.5 Å². The van der Waals surface area contributed by atoms with Crippen LogP contribution >= 0.6 is 23.4 Å². The number of hydrogen-bond donors (Lipinski definition) is 0. The summed E-state index contributed by atoms with van der Waals surface area (Å²) in [6.45, 7) is 2.02. The molecule has 29 heavy (non-hydrogen) atoms. The van der Waals surface area contributed by atoms with Crippen molar-refractivity contribution in [2.75, 3.05) is 19.9 Å². The molecule has 2 aromatic carbocycles. The zero-order chi connectivity index (χ0) is 21.0. The number of benzene rings is 2. The van der Waals surface area contributed by atoms with E-state index in [1.807, 2.05) is 25.1 Å². The minimum atomic E-state index is -0.444. The predicted octanol–water partition coefficient (Wildman–Crippen LogP) is 3.52. The second-order valence-electron chi connectivity index (χ2n) is 6.29. The van der Waals surface area contributed by atoms with Crippen LogP contribution in [0.1, 0.15) is 11.1 Å². The molecule has 10 heteroatoms. The molecule has 1 heterocycles. The van der Waals surface area contributed by atoms with Crippen LogP contribution in [-0.2, 0) is 11.3 Å². The first-order valence-electron chi connectivity index (χ1n) is 8.63. The minimum absolute atomic E-state index is 0.0710. The van der Waals surface area contributed by atoms with E-state index in [4.69, 9.17) is 16.3 Å². The van der Waals surface area contributed by atoms with E-state index >= 15 is 0 Å². The fourth-order valence-corrected chi connectivity index (χ4v) is 3.68. The lowest BCUT2D eigenvalue weighted by Crippen LogP contribution is -2.28. The van der Waals surface area contributed by atoms with Gasteiger partial charge in [-0.15, -0.1) is 5.10 Å². The Morgan fingerprint density at radius 1 is 1.34 bits per heavy atom. The number of nitrogens with zero attached hydrogens (tertiary/aromatic N) is 5. The Hall–Kier alpha value is -2.65. The Morgan fingerprint density at radius 2 is 2.14 bits per heavy atom. The minimum Gasteiger partial charge on any atom is -0.494 e. The van der Waals surface area contributed by atoms with Gasteiger partial charge in [-0.05, 0) is 47.2 Å². The number of ether oxygens (including phenoxy) is 1. The van der Waals surface area contributed by atoms with Crippen molar-refractivity contribution in [2.45, 2.75) is 18.6 Å². The van der Waals surface area contributed by atoms with Crippen LogP contribution in [0.3, 0.4) is 0 Å². The van der Waals surface area contributed by atoms with E-state index in [-0.39, 0.29) is 28.8 Å². The van der Waals surface area contributed by atoms with Gasteiger partial charge < -0.3 is 9.64 Å². The van der Waals surface area contributed by atoms with Gasteiger partial charge in [-0.3, -0.25) is 4.79 Å². The molecule has 0 aliphatic heterocycles. The SMILES string of the molecule is COc1ccc(C)cc1-n1nnnc1SCC(=O)N(C)Cc1c(F)cccc1Cl. The number of halogens is 2. The van der Waals surface area contributed by atoms with Gasteiger partial charge in [-0.2, -0.15) is 4.68 Å². The molecule has 3 rings (SSSR count). The second-order valence-corrected chi connectivity index (χ2v) is 7.64. The van der Waals surface area contributed by atoms with Crippen LogP contribution in [0.5, 0.6) is 5.75 Å². The first-order valence-corrected chi connectivity index (χ1v) is 10.00. The monoisotopic (exact) mass is 435 g/mol. The van der Waals surface area contributed by atoms with Crippen molar-refractivity contribution in [3.63, 3.8) is 0 Å². The van der Waals surface area contributed by atoms with Crippen molar-refractivity contribution in [1.82, 2.24) is 25.1 Å². The summed E-state index contributed by atoms with van der Waals surface area (Å²) in [5, 5.41) is 12.5. The summed E-state index contributed by atoms with van der Waals surface area (Å²) in [6.07, 6.45) is 0. The molecule has 0 aliphatic carbocycles. The summed E-state index contributed by atoms with van der Waals surface area (Å²) in [7, 11) is 3.16. The van der Waals surface area contributed by atoms with Gasteiger partial charge in [0.2, 0.25) is 11.1 Å². The molecule has 1 amide bonds. The summed E-state index contributed by atoms with van der Waals surface area (Å²) >= 11 is 7.22. The number of rotatable bonds is 7. The molecular formula is C19H19ClFN5O2S. The Balaban J connectivity index is 1.71. The molecule has 0 saturated heterocycles. The standard InChI is InChI=1S/C19H19ClFN5O2S/c1-12-7-8-17(28-3)16(9-12)26-19(22-23-24-26)29-11-18(27)25(2)10-13-14(20)5-4-6-15(13)21/h4-9H,10-11H2,1-3H3. The van der Waals surface area contributed by atoms with Gasteiger partial charge in [-0.25, -0.2) is 4.39 Å². The highest BCUT2D eigenvalue weighted by molar-refractivity contribution is 7.99. The average Bonchev–Trinajstić information content (AvgIpc) is 3.17. The van der Waals surface area contributed by atoms with E-state index in [9.17, 15) is 9.18 Å². The molecule has 0 saturated carbocycles. The van der Waals surface area contributed by atoms with Crippen LogP contribution < -0.4 is 4.74 Å². The molecule has 3 aromatic rings. The predicted molar refractivity (Wildman–Crippen MR) is 109 cm³/mol. The summed E-state index contributed by atoms with van der Waals surface area (Å²) in [4.78, 5) is 13.9. The van der Waals surface area contributed by atoms with Crippen LogP contribution in [0.4, 0.5) is 4.39 Å². The first-order chi connectivity index (χ1) is 13.9. The number of aryl methyl sites for hydroxylation is 1. The summed E-state index contributed by atoms with van der Waals surface area (Å²) < 4.78 is 20.9. The van der Waals surface area contributed by atoms with Crippen molar-refractivity contribution < 1.29 is 13.9 Å². The number of thioether (sulfide) groups is 1. The van der Waals surface area contributed by atoms with Crippen molar-refractivity contribution >= 4 is 29.3 Å². The molecule has 0 N–H and O–H groups in total. The van der Waals surface area contributed by atoms with Gasteiger partial charge in [0.15, 0.2) is 0 Å². The quantitative estimate of drug-likeness (QED) is 0.529. The summed E-state index contributed by atoms with van der Waals surface area (Å²) in [6, 6.07) is 10.1. The molecule has 0 aliphatic rings. The summed E-state index contributed by atoms with van der Waals surface area (Å²) in [5.74, 6) is 0.0413. The molecule has 152 valence electrons. The van der Waals surface area contributed by atoms with E-state index in [0.29, 0.717) is 16.6 Å². The third-order valence-corrected chi connectivity index (χ3v) is 5.47. The fourth-order valence-electron chi connectivity index (χ4n) is 2.63. The highest BCUT2D eigenvalue weighted by Gasteiger charge is 2.18. The van der Waals surface area contributed by atoms with E-state index in [1.54, 1.807) is 20.2 Å². The molecule has 7 nitrogen and oxygen atoms in total. The van der Waals surface area contributed by atoms with Crippen LogP contribution in [-0.4, -0.2) is 50.9 Å². The number of amides is 1. The van der Waals surface area contributed by atoms with Gasteiger partial charge in [0.05, 0.1) is 12.9 Å². The number of hydrogen-bond acceptors (Lipinski definition) is 6. The van der Waals surface area contributed by atoms with Crippen LogP contribution in [0.15, 0.2) is 41.6 Å². The van der Waals surface area contributed by atoms with E-state index < -0.39 is 5.82 Å².